The minimum Gasteiger partial charge on any atom is -0.493 e. The second-order valence-corrected chi connectivity index (χ2v) is 6.74. The number of ether oxygens (including phenoxy) is 2. The predicted octanol–water partition coefficient (Wildman–Crippen LogP) is 2.12. The topological polar surface area (TPSA) is 93.1 Å². The van der Waals surface area contributed by atoms with Gasteiger partial charge >= 0.3 is 5.97 Å². The summed E-state index contributed by atoms with van der Waals surface area (Å²) in [6.07, 6.45) is 0. The third kappa shape index (κ3) is 3.82. The number of hydrogen-bond acceptors (Lipinski definition) is 5. The van der Waals surface area contributed by atoms with Gasteiger partial charge in [0.05, 0.1) is 24.8 Å². The molecule has 0 heterocycles. The highest BCUT2D eigenvalue weighted by Crippen LogP contribution is 2.32. The van der Waals surface area contributed by atoms with Gasteiger partial charge in [-0.2, -0.15) is 0 Å². The Kier molecular flexibility index (Phi) is 5.48. The van der Waals surface area contributed by atoms with Crippen LogP contribution in [0, 0.1) is 5.82 Å². The lowest BCUT2D eigenvalue weighted by molar-refractivity contribution is -0.135. The second kappa shape index (κ2) is 7.39. The Hall–Kier alpha value is -2.81. The zero-order valence-corrected chi connectivity index (χ0v) is 14.3. The molecule has 0 unspecified atom stereocenters. The van der Waals surface area contributed by atoms with E-state index in [2.05, 4.69) is 0 Å². The van der Waals surface area contributed by atoms with Crippen molar-refractivity contribution >= 4 is 21.7 Å². The number of rotatable bonds is 7. The largest absolute Gasteiger partial charge is 0.493 e. The summed E-state index contributed by atoms with van der Waals surface area (Å²) in [5.74, 6) is -1.83. The summed E-state index contributed by atoms with van der Waals surface area (Å²) in [4.78, 5) is 10.9. The average molecular weight is 369 g/mol. The van der Waals surface area contributed by atoms with Crippen LogP contribution in [0.15, 0.2) is 47.4 Å². The van der Waals surface area contributed by atoms with Crippen molar-refractivity contribution in [3.05, 3.63) is 48.3 Å². The van der Waals surface area contributed by atoms with E-state index in [0.29, 0.717) is 10.1 Å². The fourth-order valence-electron chi connectivity index (χ4n) is 2.18. The summed E-state index contributed by atoms with van der Waals surface area (Å²) in [5, 5.41) is 9.06. The first-order valence-electron chi connectivity index (χ1n) is 7.02. The SMILES string of the molecule is COc1ccc(S(=O)(=O)N(CC(=O)O)c2ccccc2F)cc1OC. The van der Waals surface area contributed by atoms with Crippen LogP contribution in [0.3, 0.4) is 0 Å². The molecule has 0 fully saturated rings. The van der Waals surface area contributed by atoms with Gasteiger partial charge in [0.25, 0.3) is 10.0 Å². The first-order chi connectivity index (χ1) is 11.8. The van der Waals surface area contributed by atoms with Crippen LogP contribution < -0.4 is 13.8 Å². The normalized spacial score (nSPS) is 11.0. The van der Waals surface area contributed by atoms with E-state index in [0.717, 1.165) is 6.07 Å². The highest BCUT2D eigenvalue weighted by atomic mass is 32.2. The first-order valence-corrected chi connectivity index (χ1v) is 8.46. The van der Waals surface area contributed by atoms with Gasteiger partial charge in [-0.1, -0.05) is 12.1 Å². The minimum absolute atomic E-state index is 0.146. The lowest BCUT2D eigenvalue weighted by Crippen LogP contribution is -2.36. The molecule has 0 saturated carbocycles. The van der Waals surface area contributed by atoms with E-state index in [4.69, 9.17) is 14.6 Å². The maximum absolute atomic E-state index is 14.1. The van der Waals surface area contributed by atoms with Gasteiger partial charge in [0.2, 0.25) is 0 Å². The lowest BCUT2D eigenvalue weighted by atomic mass is 10.3. The van der Waals surface area contributed by atoms with Crippen LogP contribution in [0.4, 0.5) is 10.1 Å². The molecule has 0 aromatic heterocycles. The van der Waals surface area contributed by atoms with Crippen LogP contribution in [0.2, 0.25) is 0 Å². The number of carbonyl (C=O) groups is 1. The molecule has 0 amide bonds. The molecular weight excluding hydrogens is 353 g/mol. The molecule has 0 aliphatic heterocycles. The molecule has 7 nitrogen and oxygen atoms in total. The van der Waals surface area contributed by atoms with Crippen molar-refractivity contribution in [3.63, 3.8) is 0 Å². The number of anilines is 1. The van der Waals surface area contributed by atoms with E-state index in [1.54, 1.807) is 0 Å². The van der Waals surface area contributed by atoms with Crippen LogP contribution in [0.1, 0.15) is 0 Å². The van der Waals surface area contributed by atoms with Gasteiger partial charge in [0, 0.05) is 6.07 Å². The van der Waals surface area contributed by atoms with Crippen LogP contribution in [-0.4, -0.2) is 40.3 Å². The van der Waals surface area contributed by atoms with E-state index >= 15 is 0 Å². The number of aliphatic carboxylic acids is 1. The molecule has 0 radical (unpaired) electrons. The van der Waals surface area contributed by atoms with Gasteiger partial charge in [0.15, 0.2) is 11.5 Å². The fourth-order valence-corrected chi connectivity index (χ4v) is 3.62. The Morgan fingerprint density at radius 2 is 1.76 bits per heavy atom. The van der Waals surface area contributed by atoms with E-state index in [1.165, 1.54) is 50.6 Å². The van der Waals surface area contributed by atoms with Gasteiger partial charge in [-0.15, -0.1) is 0 Å². The number of sulfonamides is 1. The summed E-state index contributed by atoms with van der Waals surface area (Å²) >= 11 is 0. The van der Waals surface area contributed by atoms with Crippen LogP contribution in [-0.2, 0) is 14.8 Å². The smallest absolute Gasteiger partial charge is 0.324 e. The van der Waals surface area contributed by atoms with Crippen LogP contribution in [0.5, 0.6) is 11.5 Å². The highest BCUT2D eigenvalue weighted by molar-refractivity contribution is 7.92. The number of para-hydroxylation sites is 1. The van der Waals surface area contributed by atoms with Gasteiger partial charge < -0.3 is 14.6 Å². The third-order valence-electron chi connectivity index (χ3n) is 3.34. The molecule has 2 aromatic carbocycles. The van der Waals surface area contributed by atoms with Gasteiger partial charge in [-0.25, -0.2) is 12.8 Å². The van der Waals surface area contributed by atoms with E-state index < -0.39 is 28.4 Å². The molecular formula is C16H16FNO6S. The molecule has 2 rings (SSSR count). The molecule has 0 saturated heterocycles. The standard InChI is InChI=1S/C16H16FNO6S/c1-23-14-8-7-11(9-15(14)24-2)25(21,22)18(10-16(19)20)13-6-4-3-5-12(13)17/h3-9H,10H2,1-2H3,(H,19,20). The van der Waals surface area contributed by atoms with E-state index in [-0.39, 0.29) is 16.3 Å². The number of carboxylic acid groups (broad SMARTS) is 1. The second-order valence-electron chi connectivity index (χ2n) is 4.87. The Morgan fingerprint density at radius 1 is 1.12 bits per heavy atom. The molecule has 0 atom stereocenters. The minimum atomic E-state index is -4.35. The number of halogens is 1. The maximum atomic E-state index is 14.1. The summed E-state index contributed by atoms with van der Waals surface area (Å²) in [7, 11) is -1.63. The molecule has 1 N–H and O–H groups in total. The van der Waals surface area contributed by atoms with Gasteiger partial charge in [-0.3, -0.25) is 9.10 Å². The van der Waals surface area contributed by atoms with E-state index in [1.807, 2.05) is 0 Å². The van der Waals surface area contributed by atoms with Crippen molar-refractivity contribution in [1.82, 2.24) is 0 Å². The summed E-state index contributed by atoms with van der Waals surface area (Å²) in [6.45, 7) is -0.933. The van der Waals surface area contributed by atoms with Crippen molar-refractivity contribution < 1.29 is 32.2 Å². The Morgan fingerprint density at radius 3 is 2.32 bits per heavy atom. The predicted molar refractivity (Wildman–Crippen MR) is 88.1 cm³/mol. The Balaban J connectivity index is 2.60. The average Bonchev–Trinajstić information content (AvgIpc) is 2.59. The number of carboxylic acids is 1. The van der Waals surface area contributed by atoms with Crippen LogP contribution in [0.25, 0.3) is 0 Å². The molecule has 0 aliphatic carbocycles. The molecule has 0 aliphatic rings. The van der Waals surface area contributed by atoms with Crippen LogP contribution >= 0.6 is 0 Å². The van der Waals surface area contributed by atoms with Gasteiger partial charge in [0.1, 0.15) is 12.4 Å². The number of benzene rings is 2. The molecule has 9 heteroatoms. The van der Waals surface area contributed by atoms with Gasteiger partial charge in [-0.05, 0) is 24.3 Å². The van der Waals surface area contributed by atoms with Crippen molar-refractivity contribution in [2.24, 2.45) is 0 Å². The number of methoxy groups -OCH3 is 2. The third-order valence-corrected chi connectivity index (χ3v) is 5.10. The summed E-state index contributed by atoms with van der Waals surface area (Å²) < 4.78 is 50.4. The Bertz CT molecular complexity index is 884. The number of hydrogen-bond donors (Lipinski definition) is 1. The zero-order chi connectivity index (χ0) is 18.6. The zero-order valence-electron chi connectivity index (χ0n) is 13.5. The van der Waals surface area contributed by atoms with Crippen molar-refractivity contribution in [2.45, 2.75) is 4.90 Å². The quantitative estimate of drug-likeness (QED) is 0.804. The molecule has 25 heavy (non-hydrogen) atoms. The van der Waals surface area contributed by atoms with E-state index in [9.17, 15) is 17.6 Å². The fraction of sp³-hybridized carbons (Fsp3) is 0.188. The molecule has 134 valence electrons. The van der Waals surface area contributed by atoms with Crippen molar-refractivity contribution in [1.29, 1.82) is 0 Å². The monoisotopic (exact) mass is 369 g/mol. The molecule has 0 spiro atoms. The van der Waals surface area contributed by atoms with Crippen molar-refractivity contribution in [3.8, 4) is 11.5 Å². The maximum Gasteiger partial charge on any atom is 0.324 e. The lowest BCUT2D eigenvalue weighted by Gasteiger charge is -2.23. The first kappa shape index (κ1) is 18.5. The number of nitrogens with zero attached hydrogens (tertiary/aromatic N) is 1. The van der Waals surface area contributed by atoms with Crippen molar-refractivity contribution in [2.75, 3.05) is 25.1 Å². The summed E-state index contributed by atoms with van der Waals surface area (Å²) in [5.41, 5.74) is -0.361. The Labute approximate surface area is 144 Å². The summed E-state index contributed by atoms with van der Waals surface area (Å²) in [6, 6.07) is 8.81. The molecule has 2 aromatic rings. The highest BCUT2D eigenvalue weighted by Gasteiger charge is 2.29. The molecule has 0 bridgehead atoms.